The van der Waals surface area contributed by atoms with E-state index in [4.69, 9.17) is 10.5 Å². The number of benzene rings is 1. The van der Waals surface area contributed by atoms with Gasteiger partial charge in [0.1, 0.15) is 0 Å². The molecule has 0 amide bonds. The van der Waals surface area contributed by atoms with E-state index in [1.807, 2.05) is 6.92 Å². The Morgan fingerprint density at radius 2 is 2.18 bits per heavy atom. The van der Waals surface area contributed by atoms with E-state index in [-0.39, 0.29) is 6.04 Å². The van der Waals surface area contributed by atoms with Gasteiger partial charge in [-0.15, -0.1) is 0 Å². The smallest absolute Gasteiger partial charge is 0.0593 e. The average molecular weight is 234 g/mol. The van der Waals surface area contributed by atoms with Crippen LogP contribution in [0, 0.1) is 0 Å². The Morgan fingerprint density at radius 1 is 1.41 bits per heavy atom. The molecule has 1 aromatic rings. The van der Waals surface area contributed by atoms with E-state index in [2.05, 4.69) is 36.2 Å². The molecule has 0 aromatic heterocycles. The summed E-state index contributed by atoms with van der Waals surface area (Å²) in [4.78, 5) is 2.32. The van der Waals surface area contributed by atoms with E-state index >= 15 is 0 Å². The van der Waals surface area contributed by atoms with Crippen molar-refractivity contribution in [1.82, 2.24) is 4.90 Å². The Morgan fingerprint density at radius 3 is 2.88 bits per heavy atom. The lowest BCUT2D eigenvalue weighted by Gasteiger charge is -2.27. The number of fused-ring (bicyclic) bond motifs is 1. The number of hydrogen-bond acceptors (Lipinski definition) is 3. The van der Waals surface area contributed by atoms with Gasteiger partial charge in [0.15, 0.2) is 0 Å². The number of hydrogen-bond donors (Lipinski definition) is 1. The largest absolute Gasteiger partial charge is 0.380 e. The van der Waals surface area contributed by atoms with Crippen LogP contribution in [0.4, 0.5) is 0 Å². The fourth-order valence-electron chi connectivity index (χ4n) is 2.55. The van der Waals surface area contributed by atoms with Crippen molar-refractivity contribution in [3.63, 3.8) is 0 Å². The van der Waals surface area contributed by atoms with E-state index in [0.717, 1.165) is 26.2 Å². The minimum Gasteiger partial charge on any atom is -0.380 e. The summed E-state index contributed by atoms with van der Waals surface area (Å²) < 4.78 is 5.39. The first-order valence-corrected chi connectivity index (χ1v) is 6.35. The molecular formula is C14H22N2O. The number of rotatable bonds is 5. The van der Waals surface area contributed by atoms with Crippen LogP contribution in [0.2, 0.25) is 0 Å². The van der Waals surface area contributed by atoms with Gasteiger partial charge >= 0.3 is 0 Å². The molecule has 1 aromatic carbocycles. The van der Waals surface area contributed by atoms with E-state index in [0.29, 0.717) is 6.04 Å². The summed E-state index contributed by atoms with van der Waals surface area (Å²) in [5, 5.41) is 0. The van der Waals surface area contributed by atoms with Crippen molar-refractivity contribution < 1.29 is 4.74 Å². The van der Waals surface area contributed by atoms with Crippen molar-refractivity contribution in [2.24, 2.45) is 5.73 Å². The zero-order valence-electron chi connectivity index (χ0n) is 10.7. The maximum absolute atomic E-state index is 6.31. The Balaban J connectivity index is 1.97. The van der Waals surface area contributed by atoms with Crippen LogP contribution in [0.5, 0.6) is 0 Å². The molecule has 0 bridgehead atoms. The van der Waals surface area contributed by atoms with Crippen LogP contribution >= 0.6 is 0 Å². The molecular weight excluding hydrogens is 212 g/mol. The molecule has 3 heteroatoms. The lowest BCUT2D eigenvalue weighted by Crippen LogP contribution is -2.40. The molecule has 3 nitrogen and oxygen atoms in total. The zero-order valence-corrected chi connectivity index (χ0v) is 10.7. The predicted octanol–water partition coefficient (Wildman–Crippen LogP) is 1.58. The van der Waals surface area contributed by atoms with E-state index in [9.17, 15) is 0 Å². The third kappa shape index (κ3) is 2.68. The van der Waals surface area contributed by atoms with Crippen molar-refractivity contribution in [3.8, 4) is 0 Å². The summed E-state index contributed by atoms with van der Waals surface area (Å²) in [6, 6.07) is 9.04. The summed E-state index contributed by atoms with van der Waals surface area (Å²) in [6.45, 7) is 4.54. The monoisotopic (exact) mass is 234 g/mol. The molecule has 0 fully saturated rings. The van der Waals surface area contributed by atoms with Crippen LogP contribution in [0.3, 0.4) is 0 Å². The summed E-state index contributed by atoms with van der Waals surface area (Å²) in [5.74, 6) is 0. The summed E-state index contributed by atoms with van der Waals surface area (Å²) in [5.41, 5.74) is 9.02. The molecule has 0 saturated carbocycles. The normalized spacial score (nSPS) is 23.1. The quantitative estimate of drug-likeness (QED) is 0.786. The van der Waals surface area contributed by atoms with E-state index in [1.54, 1.807) is 0 Å². The average Bonchev–Trinajstić information content (AvgIpc) is 2.68. The first kappa shape index (κ1) is 12.6. The number of ether oxygens (including phenoxy) is 1. The van der Waals surface area contributed by atoms with Crippen molar-refractivity contribution in [1.29, 1.82) is 0 Å². The molecule has 1 aliphatic carbocycles. The van der Waals surface area contributed by atoms with Gasteiger partial charge < -0.3 is 10.5 Å². The van der Waals surface area contributed by atoms with Crippen molar-refractivity contribution in [2.45, 2.75) is 25.4 Å². The maximum atomic E-state index is 6.31. The first-order valence-electron chi connectivity index (χ1n) is 6.35. The number of nitrogens with two attached hydrogens (primary N) is 1. The van der Waals surface area contributed by atoms with E-state index < -0.39 is 0 Å². The highest BCUT2D eigenvalue weighted by atomic mass is 16.5. The third-order valence-electron chi connectivity index (χ3n) is 3.62. The highest BCUT2D eigenvalue weighted by Gasteiger charge is 2.31. The van der Waals surface area contributed by atoms with Gasteiger partial charge in [0.2, 0.25) is 0 Å². The first-order chi connectivity index (χ1) is 8.24. The molecule has 2 atom stereocenters. The Bertz CT molecular complexity index is 367. The second-order valence-corrected chi connectivity index (χ2v) is 4.67. The minimum atomic E-state index is 0.137. The van der Waals surface area contributed by atoms with Gasteiger partial charge in [-0.05, 0) is 31.5 Å². The van der Waals surface area contributed by atoms with Gasteiger partial charge in [0, 0.05) is 25.2 Å². The van der Waals surface area contributed by atoms with Crippen LogP contribution in [0.15, 0.2) is 24.3 Å². The van der Waals surface area contributed by atoms with Gasteiger partial charge in [-0.1, -0.05) is 24.3 Å². The zero-order chi connectivity index (χ0) is 12.3. The van der Waals surface area contributed by atoms with Gasteiger partial charge in [-0.2, -0.15) is 0 Å². The SMILES string of the molecule is CCOCCN(C)C1Cc2ccccc2C1N. The van der Waals surface area contributed by atoms with Crippen LogP contribution < -0.4 is 5.73 Å². The van der Waals surface area contributed by atoms with Gasteiger partial charge in [0.25, 0.3) is 0 Å². The maximum Gasteiger partial charge on any atom is 0.0593 e. The number of likely N-dealkylation sites (N-methyl/N-ethyl adjacent to an activating group) is 1. The summed E-state index contributed by atoms with van der Waals surface area (Å²) >= 11 is 0. The molecule has 17 heavy (non-hydrogen) atoms. The van der Waals surface area contributed by atoms with Crippen molar-refractivity contribution in [2.75, 3.05) is 26.8 Å². The fraction of sp³-hybridized carbons (Fsp3) is 0.571. The molecule has 2 N–H and O–H groups in total. The second kappa shape index (κ2) is 5.63. The lowest BCUT2D eigenvalue weighted by atomic mass is 10.1. The van der Waals surface area contributed by atoms with Gasteiger partial charge in [-0.3, -0.25) is 4.90 Å². The third-order valence-corrected chi connectivity index (χ3v) is 3.62. The molecule has 2 rings (SSSR count). The molecule has 0 aliphatic heterocycles. The lowest BCUT2D eigenvalue weighted by molar-refractivity contribution is 0.104. The molecule has 1 aliphatic rings. The molecule has 94 valence electrons. The summed E-state index contributed by atoms with van der Waals surface area (Å²) in [6.07, 6.45) is 1.06. The Hall–Kier alpha value is -0.900. The number of nitrogens with zero attached hydrogens (tertiary/aromatic N) is 1. The molecule has 2 unspecified atom stereocenters. The topological polar surface area (TPSA) is 38.5 Å². The van der Waals surface area contributed by atoms with E-state index in [1.165, 1.54) is 11.1 Å². The minimum absolute atomic E-state index is 0.137. The molecule has 0 spiro atoms. The van der Waals surface area contributed by atoms with Crippen LogP contribution in [0.25, 0.3) is 0 Å². The second-order valence-electron chi connectivity index (χ2n) is 4.67. The van der Waals surface area contributed by atoms with Crippen LogP contribution in [0.1, 0.15) is 24.1 Å². The van der Waals surface area contributed by atoms with Crippen LogP contribution in [-0.4, -0.2) is 37.7 Å². The van der Waals surface area contributed by atoms with Crippen molar-refractivity contribution >= 4 is 0 Å². The Kier molecular flexibility index (Phi) is 4.15. The summed E-state index contributed by atoms with van der Waals surface area (Å²) in [7, 11) is 2.13. The standard InChI is InChI=1S/C14H22N2O/c1-3-17-9-8-16(2)13-10-11-6-4-5-7-12(11)14(13)15/h4-7,13-14H,3,8-10,15H2,1-2H3. The molecule has 0 saturated heterocycles. The highest BCUT2D eigenvalue weighted by Crippen LogP contribution is 2.31. The predicted molar refractivity (Wildman–Crippen MR) is 70.0 cm³/mol. The van der Waals surface area contributed by atoms with Crippen LogP contribution in [-0.2, 0) is 11.2 Å². The molecule has 0 heterocycles. The van der Waals surface area contributed by atoms with Gasteiger partial charge in [-0.25, -0.2) is 0 Å². The van der Waals surface area contributed by atoms with Crippen molar-refractivity contribution in [3.05, 3.63) is 35.4 Å². The fourth-order valence-corrected chi connectivity index (χ4v) is 2.55. The Labute approximate surface area is 104 Å². The van der Waals surface area contributed by atoms with Gasteiger partial charge in [0.05, 0.1) is 6.61 Å². The molecule has 0 radical (unpaired) electrons. The highest BCUT2D eigenvalue weighted by molar-refractivity contribution is 5.36.